The Kier molecular flexibility index (Phi) is 7.65. The van der Waals surface area contributed by atoms with E-state index in [-0.39, 0.29) is 35.8 Å². The molecule has 2 amide bonds. The van der Waals surface area contributed by atoms with Crippen LogP contribution in [0.3, 0.4) is 0 Å². The number of amides is 2. The van der Waals surface area contributed by atoms with E-state index in [9.17, 15) is 9.59 Å². The van der Waals surface area contributed by atoms with Gasteiger partial charge in [0.15, 0.2) is 11.5 Å². The molecule has 3 N–H and O–H groups in total. The van der Waals surface area contributed by atoms with Crippen molar-refractivity contribution in [3.8, 4) is 11.3 Å². The van der Waals surface area contributed by atoms with Gasteiger partial charge in [-0.05, 0) is 37.1 Å². The van der Waals surface area contributed by atoms with Gasteiger partial charge in [-0.3, -0.25) is 9.59 Å². The lowest BCUT2D eigenvalue weighted by atomic mass is 9.97. The van der Waals surface area contributed by atoms with Gasteiger partial charge in [0.05, 0.1) is 5.92 Å². The standard InChI is InChI=1S/C18H21ClN4O3.ClH/c19-14-5-3-12(4-6-14)16-10-15(22-26-16)18(25)23-9-1-2-13(11-23)17(24)21-8-7-20;/h3-6,10,13H,1-2,7-9,11,20H2,(H,21,24);1H. The summed E-state index contributed by atoms with van der Waals surface area (Å²) in [6.07, 6.45) is 1.53. The summed E-state index contributed by atoms with van der Waals surface area (Å²) in [5.74, 6) is -0.0126. The second kappa shape index (κ2) is 9.73. The van der Waals surface area contributed by atoms with Crippen LogP contribution in [0.1, 0.15) is 23.3 Å². The first-order valence-corrected chi connectivity index (χ1v) is 8.96. The van der Waals surface area contributed by atoms with Crippen LogP contribution in [0.2, 0.25) is 5.02 Å². The Morgan fingerprint density at radius 1 is 1.33 bits per heavy atom. The third kappa shape index (κ3) is 5.22. The summed E-state index contributed by atoms with van der Waals surface area (Å²) in [7, 11) is 0. The van der Waals surface area contributed by atoms with Crippen LogP contribution in [-0.4, -0.2) is 48.0 Å². The Labute approximate surface area is 168 Å². The summed E-state index contributed by atoms with van der Waals surface area (Å²) in [6, 6.07) is 8.71. The van der Waals surface area contributed by atoms with Crippen LogP contribution in [-0.2, 0) is 4.79 Å². The molecule has 2 heterocycles. The van der Waals surface area contributed by atoms with Crippen molar-refractivity contribution < 1.29 is 14.1 Å². The molecule has 146 valence electrons. The summed E-state index contributed by atoms with van der Waals surface area (Å²) >= 11 is 5.88. The molecule has 27 heavy (non-hydrogen) atoms. The summed E-state index contributed by atoms with van der Waals surface area (Å²) in [6.45, 7) is 1.81. The van der Waals surface area contributed by atoms with Crippen molar-refractivity contribution in [1.82, 2.24) is 15.4 Å². The number of nitrogens with zero attached hydrogens (tertiary/aromatic N) is 2. The number of nitrogens with two attached hydrogens (primary N) is 1. The van der Waals surface area contributed by atoms with Crippen molar-refractivity contribution in [3.63, 3.8) is 0 Å². The Balaban J connectivity index is 0.00000261. The van der Waals surface area contributed by atoms with Crippen molar-refractivity contribution >= 4 is 35.8 Å². The first-order chi connectivity index (χ1) is 12.6. The van der Waals surface area contributed by atoms with Gasteiger partial charge in [0.2, 0.25) is 5.91 Å². The van der Waals surface area contributed by atoms with Gasteiger partial charge in [0.1, 0.15) is 0 Å². The van der Waals surface area contributed by atoms with Crippen molar-refractivity contribution in [3.05, 3.63) is 41.0 Å². The fourth-order valence-electron chi connectivity index (χ4n) is 3.00. The number of nitrogens with one attached hydrogen (secondary N) is 1. The molecule has 1 aliphatic rings. The number of carbonyl (C=O) groups is 2. The zero-order chi connectivity index (χ0) is 18.5. The molecule has 1 aromatic heterocycles. The fraction of sp³-hybridized carbons (Fsp3) is 0.389. The van der Waals surface area contributed by atoms with E-state index in [1.807, 2.05) is 0 Å². The fourth-order valence-corrected chi connectivity index (χ4v) is 3.13. The molecule has 0 bridgehead atoms. The lowest BCUT2D eigenvalue weighted by Gasteiger charge is -2.31. The van der Waals surface area contributed by atoms with E-state index in [1.54, 1.807) is 35.2 Å². The summed E-state index contributed by atoms with van der Waals surface area (Å²) in [4.78, 5) is 26.5. The number of benzene rings is 1. The van der Waals surface area contributed by atoms with Crippen molar-refractivity contribution in [1.29, 1.82) is 0 Å². The first-order valence-electron chi connectivity index (χ1n) is 8.58. The minimum absolute atomic E-state index is 0. The van der Waals surface area contributed by atoms with Crippen LogP contribution >= 0.6 is 24.0 Å². The number of likely N-dealkylation sites (tertiary alicyclic amines) is 1. The Bertz CT molecular complexity index is 779. The average molecular weight is 413 g/mol. The zero-order valence-corrected chi connectivity index (χ0v) is 16.3. The first kappa shape index (κ1) is 21.2. The summed E-state index contributed by atoms with van der Waals surface area (Å²) in [5, 5.41) is 7.30. The van der Waals surface area contributed by atoms with E-state index < -0.39 is 0 Å². The van der Waals surface area contributed by atoms with Gasteiger partial charge in [0.25, 0.3) is 5.91 Å². The van der Waals surface area contributed by atoms with Crippen LogP contribution in [0.15, 0.2) is 34.9 Å². The number of aromatic nitrogens is 1. The van der Waals surface area contributed by atoms with Gasteiger partial charge in [-0.2, -0.15) is 0 Å². The SMILES string of the molecule is Cl.NCCNC(=O)C1CCCN(C(=O)c2cc(-c3ccc(Cl)cc3)on2)C1. The van der Waals surface area contributed by atoms with Crippen molar-refractivity contribution in [2.24, 2.45) is 11.7 Å². The molecule has 1 aromatic carbocycles. The molecule has 1 atom stereocenters. The molecular weight excluding hydrogens is 391 g/mol. The molecule has 2 aromatic rings. The van der Waals surface area contributed by atoms with Gasteiger partial charge in [-0.15, -0.1) is 12.4 Å². The molecular formula is C18H22Cl2N4O3. The Morgan fingerprint density at radius 3 is 2.78 bits per heavy atom. The van der Waals surface area contributed by atoms with E-state index >= 15 is 0 Å². The summed E-state index contributed by atoms with van der Waals surface area (Å²) in [5.41, 5.74) is 6.44. The molecule has 0 saturated carbocycles. The van der Waals surface area contributed by atoms with E-state index in [0.29, 0.717) is 37.0 Å². The maximum atomic E-state index is 12.7. The molecule has 0 aliphatic carbocycles. The summed E-state index contributed by atoms with van der Waals surface area (Å²) < 4.78 is 5.30. The molecule has 1 unspecified atom stereocenters. The number of hydrogen-bond acceptors (Lipinski definition) is 5. The normalized spacial score (nSPS) is 16.5. The lowest BCUT2D eigenvalue weighted by Crippen LogP contribution is -2.46. The molecule has 1 saturated heterocycles. The number of piperidine rings is 1. The van der Waals surface area contributed by atoms with Crippen LogP contribution in [0.4, 0.5) is 0 Å². The van der Waals surface area contributed by atoms with E-state index in [2.05, 4.69) is 10.5 Å². The molecule has 7 nitrogen and oxygen atoms in total. The maximum Gasteiger partial charge on any atom is 0.276 e. The van der Waals surface area contributed by atoms with Crippen molar-refractivity contribution in [2.75, 3.05) is 26.2 Å². The second-order valence-corrected chi connectivity index (χ2v) is 6.69. The third-order valence-corrected chi connectivity index (χ3v) is 4.63. The molecule has 0 spiro atoms. The van der Waals surface area contributed by atoms with E-state index in [1.165, 1.54) is 0 Å². The van der Waals surface area contributed by atoms with Gasteiger partial charge in [0, 0.05) is 42.8 Å². The third-order valence-electron chi connectivity index (χ3n) is 4.38. The van der Waals surface area contributed by atoms with E-state index in [0.717, 1.165) is 18.4 Å². The van der Waals surface area contributed by atoms with Crippen LogP contribution < -0.4 is 11.1 Å². The number of hydrogen-bond donors (Lipinski definition) is 2. The Hall–Kier alpha value is -2.09. The minimum atomic E-state index is -0.231. The van der Waals surface area contributed by atoms with Gasteiger partial charge >= 0.3 is 0 Å². The highest BCUT2D eigenvalue weighted by molar-refractivity contribution is 6.30. The smallest absolute Gasteiger partial charge is 0.276 e. The quantitative estimate of drug-likeness (QED) is 0.784. The minimum Gasteiger partial charge on any atom is -0.355 e. The predicted molar refractivity (Wildman–Crippen MR) is 105 cm³/mol. The number of carbonyl (C=O) groups excluding carboxylic acids is 2. The molecule has 1 aliphatic heterocycles. The maximum absolute atomic E-state index is 12.7. The highest BCUT2D eigenvalue weighted by Crippen LogP contribution is 2.24. The van der Waals surface area contributed by atoms with Crippen molar-refractivity contribution in [2.45, 2.75) is 12.8 Å². The van der Waals surface area contributed by atoms with Crippen LogP contribution in [0, 0.1) is 5.92 Å². The van der Waals surface area contributed by atoms with Crippen LogP contribution in [0.5, 0.6) is 0 Å². The van der Waals surface area contributed by atoms with Crippen LogP contribution in [0.25, 0.3) is 11.3 Å². The molecule has 1 fully saturated rings. The van der Waals surface area contributed by atoms with Gasteiger partial charge in [-0.25, -0.2) is 0 Å². The lowest BCUT2D eigenvalue weighted by molar-refractivity contribution is -0.126. The average Bonchev–Trinajstić information content (AvgIpc) is 3.16. The number of halogens is 2. The molecule has 9 heteroatoms. The van der Waals surface area contributed by atoms with E-state index in [4.69, 9.17) is 21.9 Å². The highest BCUT2D eigenvalue weighted by atomic mass is 35.5. The highest BCUT2D eigenvalue weighted by Gasteiger charge is 2.30. The largest absolute Gasteiger partial charge is 0.355 e. The molecule has 3 rings (SSSR count). The molecule has 0 radical (unpaired) electrons. The Morgan fingerprint density at radius 2 is 2.07 bits per heavy atom. The monoisotopic (exact) mass is 412 g/mol. The second-order valence-electron chi connectivity index (χ2n) is 6.25. The zero-order valence-electron chi connectivity index (χ0n) is 14.7. The van der Waals surface area contributed by atoms with Gasteiger partial charge < -0.3 is 20.5 Å². The number of rotatable bonds is 5. The predicted octanol–water partition coefficient (Wildman–Crippen LogP) is 2.34. The topological polar surface area (TPSA) is 101 Å². The van der Waals surface area contributed by atoms with Gasteiger partial charge in [-0.1, -0.05) is 16.8 Å².